The van der Waals surface area contributed by atoms with Crippen LogP contribution in [0.15, 0.2) is 82.0 Å². The molecule has 3 aromatic carbocycles. The molecule has 1 N–H and O–H groups in total. The molecule has 0 spiro atoms. The van der Waals surface area contributed by atoms with Crippen molar-refractivity contribution >= 4 is 11.0 Å². The van der Waals surface area contributed by atoms with Crippen LogP contribution in [0.1, 0.15) is 5.56 Å². The van der Waals surface area contributed by atoms with Crippen LogP contribution in [0.2, 0.25) is 0 Å². The van der Waals surface area contributed by atoms with Gasteiger partial charge in [0.25, 0.3) is 0 Å². The summed E-state index contributed by atoms with van der Waals surface area (Å²) in [5, 5.41) is 10.4. The number of aromatic hydroxyl groups is 1. The second-order valence-corrected chi connectivity index (χ2v) is 6.29. The highest BCUT2D eigenvalue weighted by Gasteiger charge is 2.14. The van der Waals surface area contributed by atoms with Gasteiger partial charge in [-0.1, -0.05) is 42.5 Å². The van der Waals surface area contributed by atoms with E-state index in [1.807, 2.05) is 54.6 Å². The fourth-order valence-electron chi connectivity index (χ4n) is 2.98. The number of phenols is 1. The lowest BCUT2D eigenvalue weighted by molar-refractivity contribution is 0.307. The summed E-state index contributed by atoms with van der Waals surface area (Å²) >= 11 is 0. The fourth-order valence-corrected chi connectivity index (χ4v) is 2.98. The summed E-state index contributed by atoms with van der Waals surface area (Å²) in [5.41, 5.74) is 1.73. The first kappa shape index (κ1) is 17.7. The van der Waals surface area contributed by atoms with Gasteiger partial charge in [-0.25, -0.2) is 0 Å². The molecule has 0 fully saturated rings. The van der Waals surface area contributed by atoms with Gasteiger partial charge in [0.05, 0.1) is 7.11 Å². The molecule has 0 aliphatic carbocycles. The minimum Gasteiger partial charge on any atom is -0.508 e. The SMILES string of the molecule is COc1ccc(COc2cc(O)cc3oc(-c4ccccc4)cc(=O)c23)cc1. The summed E-state index contributed by atoms with van der Waals surface area (Å²) in [6, 6.07) is 21.0. The van der Waals surface area contributed by atoms with Crippen LogP contribution in [0, 0.1) is 0 Å². The van der Waals surface area contributed by atoms with E-state index in [4.69, 9.17) is 13.9 Å². The van der Waals surface area contributed by atoms with Crippen molar-refractivity contribution in [3.63, 3.8) is 0 Å². The Balaban J connectivity index is 1.71. The molecule has 0 amide bonds. The van der Waals surface area contributed by atoms with Crippen molar-refractivity contribution in [1.29, 1.82) is 0 Å². The summed E-state index contributed by atoms with van der Waals surface area (Å²) in [7, 11) is 1.60. The average Bonchev–Trinajstić information content (AvgIpc) is 2.72. The van der Waals surface area contributed by atoms with Crippen molar-refractivity contribution in [3.05, 3.63) is 88.6 Å². The maximum atomic E-state index is 12.8. The van der Waals surface area contributed by atoms with Crippen molar-refractivity contribution in [1.82, 2.24) is 0 Å². The molecule has 0 saturated carbocycles. The number of methoxy groups -OCH3 is 1. The van der Waals surface area contributed by atoms with E-state index in [9.17, 15) is 9.90 Å². The standard InChI is InChI=1S/C23H18O5/c1-26-18-9-7-15(8-10-18)14-27-21-11-17(24)12-22-23(21)19(25)13-20(28-22)16-5-3-2-4-6-16/h2-13,24H,14H2,1H3. The van der Waals surface area contributed by atoms with E-state index in [0.717, 1.165) is 16.9 Å². The number of hydrogen-bond acceptors (Lipinski definition) is 5. The second-order valence-electron chi connectivity index (χ2n) is 6.29. The Morgan fingerprint density at radius 2 is 1.71 bits per heavy atom. The smallest absolute Gasteiger partial charge is 0.197 e. The van der Waals surface area contributed by atoms with Crippen LogP contribution >= 0.6 is 0 Å². The molecule has 28 heavy (non-hydrogen) atoms. The highest BCUT2D eigenvalue weighted by atomic mass is 16.5. The van der Waals surface area contributed by atoms with E-state index in [2.05, 4.69) is 0 Å². The minimum atomic E-state index is -0.232. The van der Waals surface area contributed by atoms with Crippen molar-refractivity contribution in [2.45, 2.75) is 6.61 Å². The third-order valence-electron chi connectivity index (χ3n) is 4.39. The maximum Gasteiger partial charge on any atom is 0.197 e. The molecule has 4 rings (SSSR count). The predicted molar refractivity (Wildman–Crippen MR) is 107 cm³/mol. The quantitative estimate of drug-likeness (QED) is 0.546. The minimum absolute atomic E-state index is 0.0365. The van der Waals surface area contributed by atoms with Gasteiger partial charge in [-0.05, 0) is 17.7 Å². The van der Waals surface area contributed by atoms with Crippen molar-refractivity contribution in [3.8, 4) is 28.6 Å². The molecule has 5 heteroatoms. The first-order valence-electron chi connectivity index (χ1n) is 8.76. The van der Waals surface area contributed by atoms with Gasteiger partial charge in [-0.15, -0.1) is 0 Å². The van der Waals surface area contributed by atoms with Crippen molar-refractivity contribution < 1.29 is 19.0 Å². The van der Waals surface area contributed by atoms with Crippen LogP contribution in [-0.4, -0.2) is 12.2 Å². The number of phenolic OH excluding ortho intramolecular Hbond substituents is 1. The Morgan fingerprint density at radius 3 is 2.43 bits per heavy atom. The van der Waals surface area contributed by atoms with Crippen LogP contribution in [0.4, 0.5) is 0 Å². The number of benzene rings is 3. The Morgan fingerprint density at radius 1 is 0.964 bits per heavy atom. The molecule has 0 aliphatic rings. The lowest BCUT2D eigenvalue weighted by Gasteiger charge is -2.11. The molecule has 0 unspecified atom stereocenters. The number of ether oxygens (including phenoxy) is 2. The van der Waals surface area contributed by atoms with Crippen LogP contribution in [0.3, 0.4) is 0 Å². The molecular weight excluding hydrogens is 356 g/mol. The summed E-state index contributed by atoms with van der Waals surface area (Å²) in [4.78, 5) is 12.8. The van der Waals surface area contributed by atoms with Crippen molar-refractivity contribution in [2.75, 3.05) is 7.11 Å². The summed E-state index contributed by atoms with van der Waals surface area (Å²) in [5.74, 6) is 1.43. The summed E-state index contributed by atoms with van der Waals surface area (Å²) in [6.07, 6.45) is 0. The molecule has 140 valence electrons. The van der Waals surface area contributed by atoms with E-state index in [1.165, 1.54) is 18.2 Å². The first-order valence-corrected chi connectivity index (χ1v) is 8.76. The molecule has 0 radical (unpaired) electrons. The lowest BCUT2D eigenvalue weighted by atomic mass is 10.1. The molecule has 5 nitrogen and oxygen atoms in total. The molecule has 0 aliphatic heterocycles. The van der Waals surface area contributed by atoms with Gasteiger partial charge in [0.1, 0.15) is 40.6 Å². The van der Waals surface area contributed by atoms with E-state index in [-0.39, 0.29) is 29.1 Å². The number of rotatable bonds is 5. The van der Waals surface area contributed by atoms with E-state index in [1.54, 1.807) is 7.11 Å². The van der Waals surface area contributed by atoms with Gasteiger partial charge >= 0.3 is 0 Å². The number of hydrogen-bond donors (Lipinski definition) is 1. The predicted octanol–water partition coefficient (Wildman–Crippen LogP) is 4.75. The van der Waals surface area contributed by atoms with Gasteiger partial charge in [0, 0.05) is 23.8 Å². The third kappa shape index (κ3) is 3.55. The Labute approximate surface area is 161 Å². The Bertz CT molecular complexity index is 1160. The Hall–Kier alpha value is -3.73. The van der Waals surface area contributed by atoms with Crippen LogP contribution in [-0.2, 0) is 6.61 Å². The van der Waals surface area contributed by atoms with Gasteiger partial charge in [0.2, 0.25) is 0 Å². The zero-order valence-corrected chi connectivity index (χ0v) is 15.2. The van der Waals surface area contributed by atoms with Gasteiger partial charge in [-0.3, -0.25) is 4.79 Å². The monoisotopic (exact) mass is 374 g/mol. The van der Waals surface area contributed by atoms with E-state index < -0.39 is 0 Å². The Kier molecular flexibility index (Phi) is 4.72. The summed E-state index contributed by atoms with van der Waals surface area (Å²) < 4.78 is 16.8. The second kappa shape index (κ2) is 7.48. The topological polar surface area (TPSA) is 68.9 Å². The molecule has 0 bridgehead atoms. The molecule has 1 heterocycles. The molecule has 0 saturated heterocycles. The largest absolute Gasteiger partial charge is 0.508 e. The zero-order valence-electron chi connectivity index (χ0n) is 15.2. The number of fused-ring (bicyclic) bond motifs is 1. The van der Waals surface area contributed by atoms with Crippen LogP contribution in [0.5, 0.6) is 17.2 Å². The van der Waals surface area contributed by atoms with E-state index >= 15 is 0 Å². The van der Waals surface area contributed by atoms with Crippen LogP contribution in [0.25, 0.3) is 22.3 Å². The first-order chi connectivity index (χ1) is 13.6. The van der Waals surface area contributed by atoms with Crippen LogP contribution < -0.4 is 14.9 Å². The molecule has 1 aromatic heterocycles. The highest BCUT2D eigenvalue weighted by Crippen LogP contribution is 2.32. The maximum absolute atomic E-state index is 12.8. The fraction of sp³-hybridized carbons (Fsp3) is 0.0870. The van der Waals surface area contributed by atoms with Gasteiger partial charge in [0.15, 0.2) is 5.43 Å². The lowest BCUT2D eigenvalue weighted by Crippen LogP contribution is -2.04. The molecular formula is C23H18O5. The average molecular weight is 374 g/mol. The third-order valence-corrected chi connectivity index (χ3v) is 4.39. The molecule has 0 atom stereocenters. The van der Waals surface area contributed by atoms with Gasteiger partial charge in [-0.2, -0.15) is 0 Å². The highest BCUT2D eigenvalue weighted by molar-refractivity contribution is 5.86. The van der Waals surface area contributed by atoms with Crippen molar-refractivity contribution in [2.24, 2.45) is 0 Å². The molecule has 4 aromatic rings. The zero-order chi connectivity index (χ0) is 19.5. The van der Waals surface area contributed by atoms with Gasteiger partial charge < -0.3 is 19.0 Å². The summed E-state index contributed by atoms with van der Waals surface area (Å²) in [6.45, 7) is 0.239. The van der Waals surface area contributed by atoms with E-state index in [0.29, 0.717) is 11.1 Å². The normalized spacial score (nSPS) is 10.8.